The molecule has 0 bridgehead atoms. The SMILES string of the molecule is CCCCNC(=O)C(O)[C@H](Cc1ccccc1)NC(=O)C1=C(OC)c2ccccc2SN1C. The Balaban J connectivity index is 1.87. The highest BCUT2D eigenvalue weighted by molar-refractivity contribution is 7.97. The zero-order chi connectivity index (χ0) is 23.8. The average molecular weight is 470 g/mol. The highest BCUT2D eigenvalue weighted by atomic mass is 32.2. The van der Waals surface area contributed by atoms with Crippen molar-refractivity contribution in [3.8, 4) is 0 Å². The molecule has 7 nitrogen and oxygen atoms in total. The summed E-state index contributed by atoms with van der Waals surface area (Å²) in [5, 5.41) is 16.5. The third-order valence-electron chi connectivity index (χ3n) is 5.41. The van der Waals surface area contributed by atoms with Crippen LogP contribution >= 0.6 is 11.9 Å². The van der Waals surface area contributed by atoms with Crippen LogP contribution in [-0.4, -0.2) is 54.1 Å². The smallest absolute Gasteiger partial charge is 0.272 e. The lowest BCUT2D eigenvalue weighted by atomic mass is 10.00. The Labute approximate surface area is 199 Å². The maximum absolute atomic E-state index is 13.4. The molecule has 2 aromatic carbocycles. The van der Waals surface area contributed by atoms with E-state index in [0.717, 1.165) is 28.9 Å². The maximum Gasteiger partial charge on any atom is 0.272 e. The minimum atomic E-state index is -1.40. The number of nitrogens with one attached hydrogen (secondary N) is 2. The summed E-state index contributed by atoms with van der Waals surface area (Å²) in [4.78, 5) is 27.0. The molecule has 33 heavy (non-hydrogen) atoms. The summed E-state index contributed by atoms with van der Waals surface area (Å²) in [7, 11) is 3.31. The fraction of sp³-hybridized carbons (Fsp3) is 0.360. The number of aliphatic hydroxyl groups is 1. The number of aliphatic hydroxyl groups excluding tert-OH is 1. The Morgan fingerprint density at radius 1 is 1.12 bits per heavy atom. The van der Waals surface area contributed by atoms with Gasteiger partial charge in [0.2, 0.25) is 0 Å². The predicted molar refractivity (Wildman–Crippen MR) is 130 cm³/mol. The molecule has 2 atom stereocenters. The average Bonchev–Trinajstić information content (AvgIpc) is 2.82. The molecule has 176 valence electrons. The predicted octanol–water partition coefficient (Wildman–Crippen LogP) is 2.96. The lowest BCUT2D eigenvalue weighted by molar-refractivity contribution is -0.131. The molecule has 1 aliphatic heterocycles. The van der Waals surface area contributed by atoms with Gasteiger partial charge in [0.05, 0.1) is 13.2 Å². The third-order valence-corrected chi connectivity index (χ3v) is 6.42. The minimum Gasteiger partial charge on any atom is -0.494 e. The Bertz CT molecular complexity index is 996. The number of fused-ring (bicyclic) bond motifs is 1. The van der Waals surface area contributed by atoms with Crippen LogP contribution in [0.1, 0.15) is 30.9 Å². The molecular weight excluding hydrogens is 438 g/mol. The standard InChI is InChI=1S/C25H31N3O4S/c1-4-5-15-26-25(31)22(29)19(16-17-11-7-6-8-12-17)27-24(30)21-23(32-3)18-13-9-10-14-20(18)33-28(21)2/h6-14,19,22,29H,4-5,15-16H2,1-3H3,(H,26,31)(H,27,30)/t19-,22?/m0/s1. The minimum absolute atomic E-state index is 0.304. The number of rotatable bonds is 10. The highest BCUT2D eigenvalue weighted by Gasteiger charge is 2.33. The number of unbranched alkanes of at least 4 members (excludes halogenated alkanes) is 1. The van der Waals surface area contributed by atoms with Crippen molar-refractivity contribution in [2.24, 2.45) is 0 Å². The molecule has 1 unspecified atom stereocenters. The zero-order valence-corrected chi connectivity index (χ0v) is 20.0. The number of carbonyl (C=O) groups excluding carboxylic acids is 2. The van der Waals surface area contributed by atoms with Crippen LogP contribution in [0.15, 0.2) is 65.2 Å². The normalized spacial score (nSPS) is 14.8. The first kappa shape index (κ1) is 24.7. The van der Waals surface area contributed by atoms with Gasteiger partial charge in [0.15, 0.2) is 17.6 Å². The summed E-state index contributed by atoms with van der Waals surface area (Å²) in [6.45, 7) is 2.51. The lowest BCUT2D eigenvalue weighted by Gasteiger charge is -2.31. The molecule has 0 aromatic heterocycles. The van der Waals surface area contributed by atoms with E-state index >= 15 is 0 Å². The molecule has 1 aliphatic rings. The van der Waals surface area contributed by atoms with Crippen LogP contribution in [0.5, 0.6) is 0 Å². The van der Waals surface area contributed by atoms with Crippen LogP contribution < -0.4 is 10.6 Å². The largest absolute Gasteiger partial charge is 0.494 e. The van der Waals surface area contributed by atoms with Gasteiger partial charge in [0.25, 0.3) is 11.8 Å². The van der Waals surface area contributed by atoms with Crippen molar-refractivity contribution in [2.45, 2.75) is 43.2 Å². The van der Waals surface area contributed by atoms with Crippen LogP contribution in [-0.2, 0) is 20.7 Å². The lowest BCUT2D eigenvalue weighted by Crippen LogP contribution is -2.52. The molecule has 2 aromatic rings. The maximum atomic E-state index is 13.4. The number of amides is 2. The van der Waals surface area contributed by atoms with E-state index in [4.69, 9.17) is 4.74 Å². The van der Waals surface area contributed by atoms with E-state index in [0.29, 0.717) is 24.4 Å². The van der Waals surface area contributed by atoms with Gasteiger partial charge in [-0.1, -0.05) is 55.8 Å². The number of hydrogen-bond donors (Lipinski definition) is 3. The monoisotopic (exact) mass is 469 g/mol. The number of benzene rings is 2. The Kier molecular flexibility index (Phi) is 8.79. The number of likely N-dealkylation sites (N-methyl/N-ethyl adjacent to an activating group) is 1. The van der Waals surface area contributed by atoms with Crippen molar-refractivity contribution in [3.63, 3.8) is 0 Å². The van der Waals surface area contributed by atoms with Gasteiger partial charge in [-0.05, 0) is 42.5 Å². The first-order valence-corrected chi connectivity index (χ1v) is 11.8. The molecule has 1 heterocycles. The zero-order valence-electron chi connectivity index (χ0n) is 19.2. The molecule has 3 rings (SSSR count). The molecule has 0 fully saturated rings. The van der Waals surface area contributed by atoms with E-state index in [1.54, 1.807) is 11.4 Å². The third kappa shape index (κ3) is 6.09. The molecular formula is C25H31N3O4S. The van der Waals surface area contributed by atoms with Crippen molar-refractivity contribution in [1.29, 1.82) is 0 Å². The van der Waals surface area contributed by atoms with Crippen molar-refractivity contribution in [3.05, 3.63) is 71.4 Å². The van der Waals surface area contributed by atoms with Crippen molar-refractivity contribution in [1.82, 2.24) is 14.9 Å². The van der Waals surface area contributed by atoms with Crippen LogP contribution in [0.2, 0.25) is 0 Å². The van der Waals surface area contributed by atoms with Crippen LogP contribution in [0.4, 0.5) is 0 Å². The summed E-state index contributed by atoms with van der Waals surface area (Å²) in [6.07, 6.45) is 0.656. The van der Waals surface area contributed by atoms with Crippen molar-refractivity contribution < 1.29 is 19.4 Å². The van der Waals surface area contributed by atoms with E-state index in [9.17, 15) is 14.7 Å². The summed E-state index contributed by atoms with van der Waals surface area (Å²) in [5.41, 5.74) is 2.06. The molecule has 0 aliphatic carbocycles. The second-order valence-electron chi connectivity index (χ2n) is 7.83. The highest BCUT2D eigenvalue weighted by Crippen LogP contribution is 2.40. The van der Waals surface area contributed by atoms with Crippen LogP contribution in [0.3, 0.4) is 0 Å². The van der Waals surface area contributed by atoms with Gasteiger partial charge in [-0.2, -0.15) is 0 Å². The second kappa shape index (κ2) is 11.8. The van der Waals surface area contributed by atoms with Crippen LogP contribution in [0.25, 0.3) is 5.76 Å². The molecule has 0 radical (unpaired) electrons. The fourth-order valence-corrected chi connectivity index (χ4v) is 4.62. The summed E-state index contributed by atoms with van der Waals surface area (Å²) in [6, 6.07) is 16.3. The number of ether oxygens (including phenoxy) is 1. The van der Waals surface area contributed by atoms with Crippen molar-refractivity contribution in [2.75, 3.05) is 20.7 Å². The first-order chi connectivity index (χ1) is 16.0. The van der Waals surface area contributed by atoms with E-state index in [1.807, 2.05) is 61.5 Å². The quantitative estimate of drug-likeness (QED) is 0.366. The molecule has 2 amide bonds. The Morgan fingerprint density at radius 3 is 2.52 bits per heavy atom. The van der Waals surface area contributed by atoms with Gasteiger partial charge in [-0.15, -0.1) is 0 Å². The summed E-state index contributed by atoms with van der Waals surface area (Å²) < 4.78 is 7.36. The molecule has 0 saturated carbocycles. The van der Waals surface area contributed by atoms with Gasteiger partial charge in [0, 0.05) is 24.1 Å². The number of hydrogen-bond acceptors (Lipinski definition) is 6. The first-order valence-electron chi connectivity index (χ1n) is 11.1. The Morgan fingerprint density at radius 2 is 1.82 bits per heavy atom. The van der Waals surface area contributed by atoms with Gasteiger partial charge < -0.3 is 24.8 Å². The van der Waals surface area contributed by atoms with E-state index in [1.165, 1.54) is 19.1 Å². The Hall–Kier alpha value is -2.97. The molecule has 0 saturated heterocycles. The fourth-order valence-electron chi connectivity index (χ4n) is 3.67. The summed E-state index contributed by atoms with van der Waals surface area (Å²) >= 11 is 1.42. The molecule has 3 N–H and O–H groups in total. The van der Waals surface area contributed by atoms with Gasteiger partial charge in [-0.25, -0.2) is 0 Å². The van der Waals surface area contributed by atoms with E-state index in [-0.39, 0.29) is 0 Å². The van der Waals surface area contributed by atoms with Crippen molar-refractivity contribution >= 4 is 29.5 Å². The molecule has 8 heteroatoms. The van der Waals surface area contributed by atoms with Gasteiger partial charge in [-0.3, -0.25) is 9.59 Å². The van der Waals surface area contributed by atoms with E-state index < -0.39 is 24.0 Å². The van der Waals surface area contributed by atoms with Gasteiger partial charge >= 0.3 is 0 Å². The number of nitrogens with zero attached hydrogens (tertiary/aromatic N) is 1. The van der Waals surface area contributed by atoms with E-state index in [2.05, 4.69) is 10.6 Å². The van der Waals surface area contributed by atoms with Crippen LogP contribution in [0, 0.1) is 0 Å². The second-order valence-corrected chi connectivity index (χ2v) is 9.00. The number of carbonyl (C=O) groups is 2. The topological polar surface area (TPSA) is 90.9 Å². The number of methoxy groups -OCH3 is 1. The molecule has 0 spiro atoms. The van der Waals surface area contributed by atoms with Gasteiger partial charge in [0.1, 0.15) is 0 Å². The summed E-state index contributed by atoms with van der Waals surface area (Å²) in [5.74, 6) is -0.468.